The van der Waals surface area contributed by atoms with E-state index in [-0.39, 0.29) is 17.9 Å². The Bertz CT molecular complexity index is 663. The number of amides is 2. The number of dihydropyridines is 1. The first-order valence-electron chi connectivity index (χ1n) is 8.27. The molecule has 2 aliphatic rings. The van der Waals surface area contributed by atoms with Crippen LogP contribution in [-0.4, -0.2) is 30.4 Å². The van der Waals surface area contributed by atoms with Gasteiger partial charge in [0.2, 0.25) is 5.91 Å². The van der Waals surface area contributed by atoms with Gasteiger partial charge in [-0.2, -0.15) is 0 Å². The van der Waals surface area contributed by atoms with Crippen LogP contribution in [0, 0.1) is 0 Å². The minimum absolute atomic E-state index is 0.0602. The number of para-hydroxylation sites is 2. The highest BCUT2D eigenvalue weighted by Gasteiger charge is 2.22. The Labute approximate surface area is 141 Å². The first-order chi connectivity index (χ1) is 11.7. The zero-order chi connectivity index (χ0) is 16.8. The maximum absolute atomic E-state index is 12.4. The van der Waals surface area contributed by atoms with Crippen LogP contribution in [0.3, 0.4) is 0 Å². The average Bonchev–Trinajstić information content (AvgIpc) is 2.64. The van der Waals surface area contributed by atoms with E-state index in [1.165, 1.54) is 0 Å². The molecule has 2 unspecified atom stereocenters. The molecule has 1 saturated heterocycles. The van der Waals surface area contributed by atoms with E-state index in [2.05, 4.69) is 21.3 Å². The molecule has 0 aliphatic carbocycles. The van der Waals surface area contributed by atoms with E-state index in [1.54, 1.807) is 24.4 Å². The minimum Gasteiger partial charge on any atom is -0.377 e. The molecule has 1 aromatic rings. The first kappa shape index (κ1) is 16.3. The number of hydrogen-bond acceptors (Lipinski definition) is 4. The van der Waals surface area contributed by atoms with Crippen LogP contribution in [0.2, 0.25) is 0 Å². The molecule has 1 fully saturated rings. The fraction of sp³-hybridized carbons (Fsp3) is 0.333. The molecule has 2 heterocycles. The van der Waals surface area contributed by atoms with Gasteiger partial charge in [-0.25, -0.2) is 0 Å². The van der Waals surface area contributed by atoms with Crippen molar-refractivity contribution >= 4 is 23.2 Å². The fourth-order valence-electron chi connectivity index (χ4n) is 2.82. The second-order valence-corrected chi connectivity index (χ2v) is 5.91. The monoisotopic (exact) mass is 326 g/mol. The summed E-state index contributed by atoms with van der Waals surface area (Å²) in [4.78, 5) is 24.7. The van der Waals surface area contributed by atoms with Crippen LogP contribution in [-0.2, 0) is 9.59 Å². The van der Waals surface area contributed by atoms with Gasteiger partial charge in [0, 0.05) is 0 Å². The summed E-state index contributed by atoms with van der Waals surface area (Å²) in [6, 6.07) is 6.65. The number of piperidine rings is 1. The number of benzene rings is 1. The SMILES string of the molecule is O=C(Nc1ccccc1NC(=O)C1CCCCN1)C1C=CC=CN1. The molecule has 0 saturated carbocycles. The summed E-state index contributed by atoms with van der Waals surface area (Å²) in [6.07, 6.45) is 10.2. The Balaban J connectivity index is 1.66. The van der Waals surface area contributed by atoms with E-state index in [0.29, 0.717) is 11.4 Å². The summed E-state index contributed by atoms with van der Waals surface area (Å²) < 4.78 is 0. The molecule has 1 aromatic carbocycles. The highest BCUT2D eigenvalue weighted by Crippen LogP contribution is 2.22. The molecule has 0 radical (unpaired) electrons. The maximum Gasteiger partial charge on any atom is 0.250 e. The highest BCUT2D eigenvalue weighted by atomic mass is 16.2. The largest absolute Gasteiger partial charge is 0.377 e. The first-order valence-corrected chi connectivity index (χ1v) is 8.27. The predicted octanol–water partition coefficient (Wildman–Crippen LogP) is 1.75. The van der Waals surface area contributed by atoms with Crippen molar-refractivity contribution in [2.75, 3.05) is 17.2 Å². The van der Waals surface area contributed by atoms with E-state index >= 15 is 0 Å². The molecular weight excluding hydrogens is 304 g/mol. The molecule has 24 heavy (non-hydrogen) atoms. The Morgan fingerprint density at radius 3 is 2.38 bits per heavy atom. The van der Waals surface area contributed by atoms with Gasteiger partial charge < -0.3 is 21.3 Å². The molecule has 2 atom stereocenters. The van der Waals surface area contributed by atoms with Gasteiger partial charge in [-0.3, -0.25) is 9.59 Å². The molecule has 0 spiro atoms. The molecule has 0 bridgehead atoms. The Morgan fingerprint density at radius 2 is 1.75 bits per heavy atom. The van der Waals surface area contributed by atoms with Gasteiger partial charge in [0.25, 0.3) is 5.91 Å². The average molecular weight is 326 g/mol. The van der Waals surface area contributed by atoms with Crippen molar-refractivity contribution in [1.29, 1.82) is 0 Å². The molecule has 6 nitrogen and oxygen atoms in total. The topological polar surface area (TPSA) is 82.3 Å². The van der Waals surface area contributed by atoms with Crippen LogP contribution in [0.4, 0.5) is 11.4 Å². The zero-order valence-corrected chi connectivity index (χ0v) is 13.4. The van der Waals surface area contributed by atoms with Crippen molar-refractivity contribution in [2.45, 2.75) is 31.3 Å². The van der Waals surface area contributed by atoms with Gasteiger partial charge in [0.1, 0.15) is 6.04 Å². The third kappa shape index (κ3) is 4.02. The third-order valence-corrected chi connectivity index (χ3v) is 4.14. The third-order valence-electron chi connectivity index (χ3n) is 4.14. The van der Waals surface area contributed by atoms with Crippen molar-refractivity contribution in [3.8, 4) is 0 Å². The quantitative estimate of drug-likeness (QED) is 0.679. The number of rotatable bonds is 4. The molecule has 6 heteroatoms. The van der Waals surface area contributed by atoms with Crippen molar-refractivity contribution in [3.05, 3.63) is 48.7 Å². The molecule has 2 amide bonds. The van der Waals surface area contributed by atoms with Gasteiger partial charge in [-0.1, -0.05) is 30.7 Å². The van der Waals surface area contributed by atoms with Crippen LogP contribution < -0.4 is 21.3 Å². The summed E-state index contributed by atoms with van der Waals surface area (Å²) >= 11 is 0. The normalized spacial score (nSPS) is 22.5. The number of carbonyl (C=O) groups is 2. The Kier molecular flexibility index (Phi) is 5.28. The van der Waals surface area contributed by atoms with Gasteiger partial charge in [-0.05, 0) is 43.8 Å². The second kappa shape index (κ2) is 7.79. The lowest BCUT2D eigenvalue weighted by Gasteiger charge is -2.23. The van der Waals surface area contributed by atoms with Crippen LogP contribution in [0.25, 0.3) is 0 Å². The van der Waals surface area contributed by atoms with Gasteiger partial charge >= 0.3 is 0 Å². The van der Waals surface area contributed by atoms with Crippen LogP contribution in [0.1, 0.15) is 19.3 Å². The lowest BCUT2D eigenvalue weighted by Crippen LogP contribution is -2.43. The van der Waals surface area contributed by atoms with Crippen molar-refractivity contribution in [3.63, 3.8) is 0 Å². The molecule has 126 valence electrons. The van der Waals surface area contributed by atoms with E-state index in [9.17, 15) is 9.59 Å². The second-order valence-electron chi connectivity index (χ2n) is 5.91. The van der Waals surface area contributed by atoms with Crippen LogP contribution in [0.5, 0.6) is 0 Å². The minimum atomic E-state index is -0.418. The molecule has 4 N–H and O–H groups in total. The molecule has 2 aliphatic heterocycles. The number of allylic oxidation sites excluding steroid dienone is 2. The fourth-order valence-corrected chi connectivity index (χ4v) is 2.82. The number of nitrogens with one attached hydrogen (secondary N) is 4. The summed E-state index contributed by atoms with van der Waals surface area (Å²) in [5, 5.41) is 12.0. The summed E-state index contributed by atoms with van der Waals surface area (Å²) in [5.41, 5.74) is 1.20. The Morgan fingerprint density at radius 1 is 1.00 bits per heavy atom. The molecular formula is C18H22N4O2. The van der Waals surface area contributed by atoms with E-state index < -0.39 is 6.04 Å². The van der Waals surface area contributed by atoms with E-state index in [1.807, 2.05) is 24.3 Å². The van der Waals surface area contributed by atoms with Crippen LogP contribution in [0.15, 0.2) is 48.7 Å². The standard InChI is InChI=1S/C18H22N4O2/c23-17(15-9-3-5-11-19-15)21-13-7-1-2-8-14(13)22-18(24)16-10-4-6-12-20-16/h1-3,5,7-9,11,15-16,19-20H,4,6,10,12H2,(H,21,23)(H,22,24). The summed E-state index contributed by atoms with van der Waals surface area (Å²) in [6.45, 7) is 0.865. The highest BCUT2D eigenvalue weighted by molar-refractivity contribution is 6.03. The van der Waals surface area contributed by atoms with Gasteiger partial charge in [-0.15, -0.1) is 0 Å². The lowest BCUT2D eigenvalue weighted by atomic mass is 10.0. The summed E-state index contributed by atoms with van der Waals surface area (Å²) in [7, 11) is 0. The van der Waals surface area contributed by atoms with E-state index in [0.717, 1.165) is 25.8 Å². The zero-order valence-electron chi connectivity index (χ0n) is 13.4. The number of anilines is 2. The van der Waals surface area contributed by atoms with Gasteiger partial charge in [0.05, 0.1) is 17.4 Å². The predicted molar refractivity (Wildman–Crippen MR) is 94.5 cm³/mol. The van der Waals surface area contributed by atoms with Gasteiger partial charge in [0.15, 0.2) is 0 Å². The maximum atomic E-state index is 12.4. The smallest absolute Gasteiger partial charge is 0.250 e. The number of hydrogen-bond donors (Lipinski definition) is 4. The lowest BCUT2D eigenvalue weighted by molar-refractivity contribution is -0.119. The molecule has 0 aromatic heterocycles. The molecule has 3 rings (SSSR count). The number of carbonyl (C=O) groups excluding carboxylic acids is 2. The van der Waals surface area contributed by atoms with Crippen molar-refractivity contribution < 1.29 is 9.59 Å². The van der Waals surface area contributed by atoms with Crippen LogP contribution >= 0.6 is 0 Å². The van der Waals surface area contributed by atoms with E-state index in [4.69, 9.17) is 0 Å². The van der Waals surface area contributed by atoms with Crippen molar-refractivity contribution in [2.24, 2.45) is 0 Å². The Hall–Kier alpha value is -2.60. The summed E-state index contributed by atoms with van der Waals surface area (Å²) in [5.74, 6) is -0.233. The van der Waals surface area contributed by atoms with Crippen molar-refractivity contribution in [1.82, 2.24) is 10.6 Å².